The summed E-state index contributed by atoms with van der Waals surface area (Å²) in [5.41, 5.74) is -3.69. The number of amides is 1. The van der Waals surface area contributed by atoms with E-state index in [0.717, 1.165) is 0 Å². The standard InChI is InChI=1S/C14H25NO6/c1-12(2,3)8(9(16)17)14(7,10(18)19)15-11(20)21-13(4,5)6/h8H,1-7H3,(H,15,20)(H,16,17)(H,18,19). The number of ether oxygens (including phenoxy) is 1. The summed E-state index contributed by atoms with van der Waals surface area (Å²) >= 11 is 0. The highest BCUT2D eigenvalue weighted by atomic mass is 16.6. The van der Waals surface area contributed by atoms with Gasteiger partial charge in [-0.25, -0.2) is 9.59 Å². The highest BCUT2D eigenvalue weighted by molar-refractivity contribution is 5.90. The maximum atomic E-state index is 11.8. The maximum absolute atomic E-state index is 11.8. The zero-order valence-electron chi connectivity index (χ0n) is 13.6. The number of carboxylic acid groups (broad SMARTS) is 2. The van der Waals surface area contributed by atoms with E-state index >= 15 is 0 Å². The first-order chi connectivity index (χ1) is 9.11. The van der Waals surface area contributed by atoms with Gasteiger partial charge in [-0.05, 0) is 33.1 Å². The van der Waals surface area contributed by atoms with Crippen molar-refractivity contribution in [3.05, 3.63) is 0 Å². The Hall–Kier alpha value is -1.79. The van der Waals surface area contributed by atoms with Crippen LogP contribution in [0.4, 0.5) is 4.79 Å². The highest BCUT2D eigenvalue weighted by Gasteiger charge is 2.53. The lowest BCUT2D eigenvalue weighted by Gasteiger charge is -2.39. The number of carboxylic acids is 2. The van der Waals surface area contributed by atoms with E-state index in [1.165, 1.54) is 6.92 Å². The molecule has 3 N–H and O–H groups in total. The minimum Gasteiger partial charge on any atom is -0.481 e. The van der Waals surface area contributed by atoms with Crippen molar-refractivity contribution >= 4 is 18.0 Å². The summed E-state index contributed by atoms with van der Waals surface area (Å²) in [6.45, 7) is 10.9. The molecule has 0 aromatic rings. The zero-order valence-corrected chi connectivity index (χ0v) is 13.6. The Kier molecular flexibility index (Phi) is 5.41. The molecule has 0 saturated heterocycles. The summed E-state index contributed by atoms with van der Waals surface area (Å²) in [5.74, 6) is -4.07. The number of carbonyl (C=O) groups excluding carboxylic acids is 1. The normalized spacial score (nSPS) is 16.5. The second-order valence-corrected chi connectivity index (χ2v) is 7.27. The fourth-order valence-corrected chi connectivity index (χ4v) is 2.25. The van der Waals surface area contributed by atoms with Gasteiger partial charge in [0.25, 0.3) is 0 Å². The summed E-state index contributed by atoms with van der Waals surface area (Å²) in [4.78, 5) is 34.9. The molecule has 0 aliphatic carbocycles. The van der Waals surface area contributed by atoms with Crippen LogP contribution >= 0.6 is 0 Å². The third-order valence-corrected chi connectivity index (χ3v) is 2.90. The van der Waals surface area contributed by atoms with E-state index < -0.39 is 40.5 Å². The van der Waals surface area contributed by atoms with E-state index in [1.807, 2.05) is 0 Å². The first-order valence-corrected chi connectivity index (χ1v) is 6.58. The molecule has 2 unspecified atom stereocenters. The van der Waals surface area contributed by atoms with Gasteiger partial charge < -0.3 is 20.3 Å². The van der Waals surface area contributed by atoms with Crippen LogP contribution in [-0.2, 0) is 14.3 Å². The molecule has 21 heavy (non-hydrogen) atoms. The summed E-state index contributed by atoms with van der Waals surface area (Å²) in [5, 5.41) is 21.0. The number of carbonyl (C=O) groups is 3. The van der Waals surface area contributed by atoms with Crippen LogP contribution in [0.2, 0.25) is 0 Å². The second-order valence-electron chi connectivity index (χ2n) is 7.27. The van der Waals surface area contributed by atoms with Crippen molar-refractivity contribution < 1.29 is 29.3 Å². The Morgan fingerprint density at radius 3 is 1.62 bits per heavy atom. The van der Waals surface area contributed by atoms with E-state index in [1.54, 1.807) is 41.5 Å². The first-order valence-electron chi connectivity index (χ1n) is 6.58. The topological polar surface area (TPSA) is 113 Å². The maximum Gasteiger partial charge on any atom is 0.408 e. The highest BCUT2D eigenvalue weighted by Crippen LogP contribution is 2.35. The van der Waals surface area contributed by atoms with Gasteiger partial charge in [0.1, 0.15) is 5.60 Å². The fraction of sp³-hybridized carbons (Fsp3) is 0.786. The van der Waals surface area contributed by atoms with Crippen molar-refractivity contribution in [1.82, 2.24) is 5.32 Å². The third-order valence-electron chi connectivity index (χ3n) is 2.90. The SMILES string of the molecule is CC(C)(C)OC(=O)NC(C)(C(=O)O)C(C(=O)O)C(C)(C)C. The van der Waals surface area contributed by atoms with Crippen molar-refractivity contribution in [3.63, 3.8) is 0 Å². The van der Waals surface area contributed by atoms with Crippen LogP contribution in [-0.4, -0.2) is 39.4 Å². The number of nitrogens with one attached hydrogen (secondary N) is 1. The number of hydrogen-bond acceptors (Lipinski definition) is 4. The van der Waals surface area contributed by atoms with Gasteiger partial charge in [0, 0.05) is 0 Å². The molecule has 0 rings (SSSR count). The zero-order chi connectivity index (χ0) is 17.2. The summed E-state index contributed by atoms with van der Waals surface area (Å²) in [7, 11) is 0. The predicted octanol–water partition coefficient (Wildman–Crippen LogP) is 2.10. The van der Waals surface area contributed by atoms with Crippen LogP contribution in [0.1, 0.15) is 48.5 Å². The molecule has 0 saturated carbocycles. The molecule has 0 aromatic heterocycles. The molecule has 0 heterocycles. The molecule has 0 fully saturated rings. The van der Waals surface area contributed by atoms with Gasteiger partial charge >= 0.3 is 18.0 Å². The third kappa shape index (κ3) is 5.24. The van der Waals surface area contributed by atoms with E-state index in [2.05, 4.69) is 5.32 Å². The molecule has 0 aliphatic rings. The molecule has 7 heteroatoms. The van der Waals surface area contributed by atoms with Crippen LogP contribution in [0.25, 0.3) is 0 Å². The van der Waals surface area contributed by atoms with Gasteiger partial charge in [0.2, 0.25) is 0 Å². The Labute approximate surface area is 124 Å². The molecule has 122 valence electrons. The molecule has 2 atom stereocenters. The Morgan fingerprint density at radius 1 is 0.952 bits per heavy atom. The molecule has 1 amide bonds. The Bertz CT molecular complexity index is 432. The number of alkyl carbamates (subject to hydrolysis) is 1. The number of aliphatic carboxylic acids is 2. The van der Waals surface area contributed by atoms with Crippen LogP contribution in [0.15, 0.2) is 0 Å². The van der Waals surface area contributed by atoms with Crippen molar-refractivity contribution in [2.45, 2.75) is 59.6 Å². The lowest BCUT2D eigenvalue weighted by atomic mass is 9.69. The lowest BCUT2D eigenvalue weighted by molar-refractivity contribution is -0.161. The molecule has 0 bridgehead atoms. The lowest BCUT2D eigenvalue weighted by Crippen LogP contribution is -2.63. The van der Waals surface area contributed by atoms with Crippen molar-refractivity contribution in [1.29, 1.82) is 0 Å². The molecule has 0 radical (unpaired) electrons. The monoisotopic (exact) mass is 303 g/mol. The minimum absolute atomic E-state index is 0.816. The van der Waals surface area contributed by atoms with Gasteiger partial charge in [-0.1, -0.05) is 20.8 Å². The van der Waals surface area contributed by atoms with Crippen LogP contribution < -0.4 is 5.32 Å². The average molecular weight is 303 g/mol. The van der Waals surface area contributed by atoms with Crippen LogP contribution in [0, 0.1) is 11.3 Å². The van der Waals surface area contributed by atoms with E-state index in [-0.39, 0.29) is 0 Å². The van der Waals surface area contributed by atoms with E-state index in [0.29, 0.717) is 0 Å². The first kappa shape index (κ1) is 19.2. The van der Waals surface area contributed by atoms with Gasteiger partial charge in [0.05, 0.1) is 5.92 Å². The average Bonchev–Trinajstić information content (AvgIpc) is 2.09. The van der Waals surface area contributed by atoms with E-state index in [4.69, 9.17) is 4.74 Å². The molecule has 7 nitrogen and oxygen atoms in total. The largest absolute Gasteiger partial charge is 0.481 e. The Morgan fingerprint density at radius 2 is 1.38 bits per heavy atom. The van der Waals surface area contributed by atoms with Crippen molar-refractivity contribution in [2.24, 2.45) is 11.3 Å². The van der Waals surface area contributed by atoms with Gasteiger partial charge in [0.15, 0.2) is 5.54 Å². The van der Waals surface area contributed by atoms with Gasteiger partial charge in [-0.2, -0.15) is 0 Å². The smallest absolute Gasteiger partial charge is 0.408 e. The van der Waals surface area contributed by atoms with Crippen LogP contribution in [0.5, 0.6) is 0 Å². The van der Waals surface area contributed by atoms with Gasteiger partial charge in [-0.3, -0.25) is 4.79 Å². The summed E-state index contributed by atoms with van der Waals surface area (Å²) in [6.07, 6.45) is -0.970. The quantitative estimate of drug-likeness (QED) is 0.733. The fourth-order valence-electron chi connectivity index (χ4n) is 2.25. The van der Waals surface area contributed by atoms with E-state index in [9.17, 15) is 24.6 Å². The number of rotatable bonds is 4. The molecular weight excluding hydrogens is 278 g/mol. The van der Waals surface area contributed by atoms with Crippen LogP contribution in [0.3, 0.4) is 0 Å². The molecule has 0 aliphatic heterocycles. The van der Waals surface area contributed by atoms with Crippen molar-refractivity contribution in [3.8, 4) is 0 Å². The number of hydrogen-bond donors (Lipinski definition) is 3. The van der Waals surface area contributed by atoms with Crippen molar-refractivity contribution in [2.75, 3.05) is 0 Å². The Balaban J connectivity index is 5.58. The molecule has 0 spiro atoms. The summed E-state index contributed by atoms with van der Waals surface area (Å²) in [6, 6.07) is 0. The summed E-state index contributed by atoms with van der Waals surface area (Å²) < 4.78 is 5.02. The predicted molar refractivity (Wildman–Crippen MR) is 76.0 cm³/mol. The minimum atomic E-state index is -1.99. The molecular formula is C14H25NO6. The van der Waals surface area contributed by atoms with Gasteiger partial charge in [-0.15, -0.1) is 0 Å². The molecule has 0 aromatic carbocycles. The second kappa shape index (κ2) is 5.91.